The minimum Gasteiger partial charge on any atom is -0.480 e. The molecular weight excluding hydrogens is 412 g/mol. The van der Waals surface area contributed by atoms with Crippen LogP contribution in [0.25, 0.3) is 0 Å². The second-order valence-electron chi connectivity index (χ2n) is 6.34. The summed E-state index contributed by atoms with van der Waals surface area (Å²) in [5, 5.41) is 22.5. The van der Waals surface area contributed by atoms with Crippen LogP contribution in [0.2, 0.25) is 0 Å². The van der Waals surface area contributed by atoms with E-state index in [0.29, 0.717) is 0 Å². The highest BCUT2D eigenvalue weighted by atomic mass is 33.1. The molecule has 4 N–H and O–H groups in total. The first-order chi connectivity index (χ1) is 12.9. The molecule has 0 aromatic carbocycles. The van der Waals surface area contributed by atoms with E-state index in [-0.39, 0.29) is 11.5 Å². The highest BCUT2D eigenvalue weighted by Crippen LogP contribution is 2.23. The van der Waals surface area contributed by atoms with Gasteiger partial charge in [0, 0.05) is 23.3 Å². The quantitative estimate of drug-likeness (QED) is 0.175. The number of amides is 2. The minimum absolute atomic E-state index is 0.137. The van der Waals surface area contributed by atoms with E-state index in [0.717, 1.165) is 21.6 Å². The number of carbonyl (C=O) groups excluding carboxylic acids is 4. The topological polar surface area (TPSA) is 167 Å². The van der Waals surface area contributed by atoms with E-state index in [1.54, 1.807) is 0 Å². The molecule has 2 amide bonds. The van der Waals surface area contributed by atoms with Crippen LogP contribution in [-0.4, -0.2) is 69.1 Å². The van der Waals surface area contributed by atoms with Gasteiger partial charge in [-0.3, -0.25) is 19.2 Å². The zero-order valence-electron chi connectivity index (χ0n) is 15.9. The maximum atomic E-state index is 11.7. The Bertz CT molecular complexity index is 582. The lowest BCUT2D eigenvalue weighted by Gasteiger charge is -2.16. The second-order valence-corrected chi connectivity index (χ2v) is 8.89. The molecule has 0 aromatic rings. The molecular formula is C16H24N2O8S2. The average Bonchev–Trinajstić information content (AvgIpc) is 2.60. The van der Waals surface area contributed by atoms with Crippen LogP contribution in [0.3, 0.4) is 0 Å². The largest absolute Gasteiger partial charge is 0.480 e. The Balaban J connectivity index is 4.62. The number of nitrogens with one attached hydrogen (secondary N) is 2. The zero-order chi connectivity index (χ0) is 22.0. The number of Topliss-reactive ketones (excluding diaryl/α,β-unsaturated/α-hetero) is 2. The lowest BCUT2D eigenvalue weighted by molar-refractivity contribution is -0.144. The SMILES string of the molecule is CC(C)C(=O)C(=O)NC(CSSCC(NC(=O)C(=O)C(C)C)C(=O)O)C(=O)O. The van der Waals surface area contributed by atoms with Crippen molar-refractivity contribution in [2.75, 3.05) is 11.5 Å². The number of rotatable bonds is 13. The Morgan fingerprint density at radius 3 is 1.18 bits per heavy atom. The fraction of sp³-hybridized carbons (Fsp3) is 0.625. The van der Waals surface area contributed by atoms with Gasteiger partial charge in [-0.2, -0.15) is 0 Å². The number of carboxylic acid groups (broad SMARTS) is 2. The molecule has 0 aliphatic heterocycles. The molecule has 0 rings (SSSR count). The third-order valence-corrected chi connectivity index (χ3v) is 5.68. The van der Waals surface area contributed by atoms with Crippen molar-refractivity contribution >= 4 is 56.9 Å². The summed E-state index contributed by atoms with van der Waals surface area (Å²) in [7, 11) is 1.90. The van der Waals surface area contributed by atoms with Crippen molar-refractivity contribution in [2.24, 2.45) is 11.8 Å². The van der Waals surface area contributed by atoms with E-state index < -0.39 is 59.2 Å². The van der Waals surface area contributed by atoms with Crippen molar-refractivity contribution < 1.29 is 39.0 Å². The van der Waals surface area contributed by atoms with Crippen LogP contribution in [0, 0.1) is 11.8 Å². The van der Waals surface area contributed by atoms with E-state index in [9.17, 15) is 28.8 Å². The first-order valence-corrected chi connectivity index (χ1v) is 10.8. The lowest BCUT2D eigenvalue weighted by atomic mass is 10.1. The summed E-state index contributed by atoms with van der Waals surface area (Å²) >= 11 is 0. The van der Waals surface area contributed by atoms with Crippen LogP contribution >= 0.6 is 21.6 Å². The monoisotopic (exact) mass is 436 g/mol. The summed E-state index contributed by atoms with van der Waals surface area (Å²) < 4.78 is 0. The molecule has 0 spiro atoms. The Hall–Kier alpha value is -2.08. The number of hydrogen-bond acceptors (Lipinski definition) is 8. The minimum atomic E-state index is -1.34. The summed E-state index contributed by atoms with van der Waals surface area (Å²) in [5.41, 5.74) is 0. The zero-order valence-corrected chi connectivity index (χ0v) is 17.5. The van der Waals surface area contributed by atoms with E-state index >= 15 is 0 Å². The molecule has 12 heteroatoms. The van der Waals surface area contributed by atoms with E-state index in [1.165, 1.54) is 27.7 Å². The molecule has 0 heterocycles. The molecule has 0 aromatic heterocycles. The third-order valence-electron chi connectivity index (χ3n) is 3.26. The first-order valence-electron chi connectivity index (χ1n) is 8.27. The molecule has 0 aliphatic rings. The highest BCUT2D eigenvalue weighted by Gasteiger charge is 2.27. The van der Waals surface area contributed by atoms with Gasteiger partial charge in [-0.15, -0.1) is 0 Å². The van der Waals surface area contributed by atoms with E-state index in [4.69, 9.17) is 10.2 Å². The van der Waals surface area contributed by atoms with Gasteiger partial charge in [-0.1, -0.05) is 49.3 Å². The number of carbonyl (C=O) groups is 6. The Morgan fingerprint density at radius 1 is 0.679 bits per heavy atom. The number of aliphatic carboxylic acids is 2. The van der Waals surface area contributed by atoms with Crippen molar-refractivity contribution in [1.82, 2.24) is 10.6 Å². The molecule has 0 bridgehead atoms. The molecule has 0 fully saturated rings. The summed E-state index contributed by atoms with van der Waals surface area (Å²) in [6.07, 6.45) is 0. The first kappa shape index (κ1) is 25.9. The standard InChI is InChI=1S/C16H24N2O8S2/c1-7(2)11(19)13(21)17-9(15(23)24)5-27-28-6-10(16(25)26)18-14(22)12(20)8(3)4/h7-10H,5-6H2,1-4H3,(H,17,21)(H,18,22)(H,23,24)(H,25,26). The van der Waals surface area contributed by atoms with Crippen molar-refractivity contribution in [3.05, 3.63) is 0 Å². The van der Waals surface area contributed by atoms with Gasteiger partial charge in [-0.05, 0) is 0 Å². The predicted molar refractivity (Wildman–Crippen MR) is 104 cm³/mol. The van der Waals surface area contributed by atoms with Gasteiger partial charge in [0.05, 0.1) is 0 Å². The molecule has 0 saturated carbocycles. The van der Waals surface area contributed by atoms with Crippen molar-refractivity contribution in [2.45, 2.75) is 39.8 Å². The van der Waals surface area contributed by atoms with Crippen molar-refractivity contribution in [3.8, 4) is 0 Å². The van der Waals surface area contributed by atoms with Gasteiger partial charge in [0.2, 0.25) is 11.6 Å². The molecule has 2 unspecified atom stereocenters. The summed E-state index contributed by atoms with van der Waals surface area (Å²) in [5.74, 6) is -7.61. The van der Waals surface area contributed by atoms with Crippen LogP contribution in [0.15, 0.2) is 0 Å². The fourth-order valence-corrected chi connectivity index (χ4v) is 3.88. The van der Waals surface area contributed by atoms with E-state index in [2.05, 4.69) is 10.6 Å². The van der Waals surface area contributed by atoms with Crippen LogP contribution in [0.1, 0.15) is 27.7 Å². The van der Waals surface area contributed by atoms with Gasteiger partial charge in [-0.25, -0.2) is 9.59 Å². The summed E-state index contributed by atoms with van der Waals surface area (Å²) in [6.45, 7) is 6.03. The van der Waals surface area contributed by atoms with Crippen LogP contribution in [0.5, 0.6) is 0 Å². The molecule has 10 nitrogen and oxygen atoms in total. The fourth-order valence-electron chi connectivity index (χ4n) is 1.56. The summed E-state index contributed by atoms with van der Waals surface area (Å²) in [4.78, 5) is 68.9. The maximum absolute atomic E-state index is 11.7. The molecule has 28 heavy (non-hydrogen) atoms. The average molecular weight is 437 g/mol. The van der Waals surface area contributed by atoms with Gasteiger partial charge < -0.3 is 20.8 Å². The molecule has 0 aliphatic carbocycles. The summed E-state index contributed by atoms with van der Waals surface area (Å²) in [6, 6.07) is -2.68. The van der Waals surface area contributed by atoms with Crippen LogP contribution < -0.4 is 10.6 Å². The number of ketones is 2. The molecule has 158 valence electrons. The molecule has 0 radical (unpaired) electrons. The molecule has 0 saturated heterocycles. The lowest BCUT2D eigenvalue weighted by Crippen LogP contribution is -2.47. The Labute approximate surface area is 170 Å². The maximum Gasteiger partial charge on any atom is 0.327 e. The molecule has 2 atom stereocenters. The number of carboxylic acids is 2. The second kappa shape index (κ2) is 12.4. The van der Waals surface area contributed by atoms with Gasteiger partial charge in [0.15, 0.2) is 0 Å². The van der Waals surface area contributed by atoms with Crippen molar-refractivity contribution in [1.29, 1.82) is 0 Å². The Kier molecular flexibility index (Phi) is 11.5. The Morgan fingerprint density at radius 2 is 0.964 bits per heavy atom. The van der Waals surface area contributed by atoms with Crippen LogP contribution in [0.4, 0.5) is 0 Å². The smallest absolute Gasteiger partial charge is 0.327 e. The number of hydrogen-bond donors (Lipinski definition) is 4. The van der Waals surface area contributed by atoms with Gasteiger partial charge in [0.25, 0.3) is 11.8 Å². The third kappa shape index (κ3) is 9.22. The highest BCUT2D eigenvalue weighted by molar-refractivity contribution is 8.76. The predicted octanol–water partition coefficient (Wildman–Crippen LogP) is -0.0432. The van der Waals surface area contributed by atoms with Crippen molar-refractivity contribution in [3.63, 3.8) is 0 Å². The van der Waals surface area contributed by atoms with Gasteiger partial charge >= 0.3 is 11.9 Å². The van der Waals surface area contributed by atoms with E-state index in [1.807, 2.05) is 0 Å². The normalized spacial score (nSPS) is 12.9. The van der Waals surface area contributed by atoms with Crippen LogP contribution in [-0.2, 0) is 28.8 Å². The van der Waals surface area contributed by atoms with Gasteiger partial charge in [0.1, 0.15) is 12.1 Å².